The van der Waals surface area contributed by atoms with Gasteiger partial charge in [-0.3, -0.25) is 0 Å². The lowest BCUT2D eigenvalue weighted by Gasteiger charge is -2.15. The van der Waals surface area contributed by atoms with E-state index in [1.165, 1.54) is 7.11 Å². The van der Waals surface area contributed by atoms with E-state index < -0.39 is 0 Å². The van der Waals surface area contributed by atoms with E-state index >= 15 is 0 Å². The molecule has 2 aromatic rings. The van der Waals surface area contributed by atoms with Crippen LogP contribution in [0.5, 0.6) is 11.5 Å². The van der Waals surface area contributed by atoms with Gasteiger partial charge in [0.2, 0.25) is 0 Å². The van der Waals surface area contributed by atoms with Crippen molar-refractivity contribution in [1.29, 1.82) is 0 Å². The number of ether oxygens (including phenoxy) is 2. The van der Waals surface area contributed by atoms with Crippen molar-refractivity contribution in [3.8, 4) is 11.5 Å². The lowest BCUT2D eigenvalue weighted by molar-refractivity contribution is 0.247. The van der Waals surface area contributed by atoms with E-state index in [2.05, 4.69) is 30.5 Å². The number of carbonyl (C=O) groups excluding carboxylic acids is 1. The van der Waals surface area contributed by atoms with E-state index in [0.29, 0.717) is 35.5 Å². The Bertz CT molecular complexity index is 763. The minimum Gasteiger partial charge on any atom is -0.495 e. The maximum Gasteiger partial charge on any atom is 0.319 e. The lowest BCUT2D eigenvalue weighted by Crippen LogP contribution is -2.32. The number of anilines is 1. The standard InChI is InChI=1S/C20H25ClN2O3/c1-13(2)15-7-5-6-8-18(15)26-10-9-22-20(24)23-17-11-14(3)16(21)12-19(17)25-4/h5-8,11-13H,9-10H2,1-4H3,(H2,22,23,24). The molecule has 2 N–H and O–H groups in total. The molecule has 0 radical (unpaired) electrons. The third kappa shape index (κ3) is 5.30. The van der Waals surface area contributed by atoms with E-state index in [-0.39, 0.29) is 6.03 Å². The number of hydrogen-bond acceptors (Lipinski definition) is 3. The van der Waals surface area contributed by atoms with Gasteiger partial charge in [-0.05, 0) is 36.1 Å². The van der Waals surface area contributed by atoms with Gasteiger partial charge in [-0.15, -0.1) is 0 Å². The number of rotatable bonds is 7. The number of carbonyl (C=O) groups is 1. The van der Waals surface area contributed by atoms with Crippen LogP contribution in [0, 0.1) is 6.92 Å². The van der Waals surface area contributed by atoms with E-state index in [1.54, 1.807) is 12.1 Å². The van der Waals surface area contributed by atoms with Gasteiger partial charge < -0.3 is 20.1 Å². The van der Waals surface area contributed by atoms with Crippen LogP contribution in [-0.2, 0) is 0 Å². The second-order valence-electron chi connectivity index (χ2n) is 6.22. The molecular weight excluding hydrogens is 352 g/mol. The Morgan fingerprint density at radius 2 is 1.92 bits per heavy atom. The Morgan fingerprint density at radius 1 is 1.19 bits per heavy atom. The molecule has 0 aliphatic carbocycles. The van der Waals surface area contributed by atoms with Gasteiger partial charge in [0.15, 0.2) is 0 Å². The van der Waals surface area contributed by atoms with Crippen LogP contribution in [-0.4, -0.2) is 26.3 Å². The van der Waals surface area contributed by atoms with Gasteiger partial charge in [-0.1, -0.05) is 43.6 Å². The zero-order valence-corrected chi connectivity index (χ0v) is 16.3. The lowest BCUT2D eigenvalue weighted by atomic mass is 10.0. The monoisotopic (exact) mass is 376 g/mol. The van der Waals surface area contributed by atoms with Crippen molar-refractivity contribution >= 4 is 23.3 Å². The summed E-state index contributed by atoms with van der Waals surface area (Å²) < 4.78 is 11.0. The quantitative estimate of drug-likeness (QED) is 0.670. The van der Waals surface area contributed by atoms with Crippen molar-refractivity contribution in [1.82, 2.24) is 5.32 Å². The molecule has 0 aromatic heterocycles. The first-order chi connectivity index (χ1) is 12.4. The summed E-state index contributed by atoms with van der Waals surface area (Å²) in [5, 5.41) is 6.13. The predicted molar refractivity (Wildman–Crippen MR) is 106 cm³/mol. The summed E-state index contributed by atoms with van der Waals surface area (Å²) in [5.74, 6) is 1.74. The highest BCUT2D eigenvalue weighted by atomic mass is 35.5. The summed E-state index contributed by atoms with van der Waals surface area (Å²) in [4.78, 5) is 12.1. The molecule has 0 spiro atoms. The zero-order chi connectivity index (χ0) is 19.1. The maximum absolute atomic E-state index is 12.1. The van der Waals surface area contributed by atoms with Crippen LogP contribution in [0.3, 0.4) is 0 Å². The Labute approximate surface area is 159 Å². The molecule has 6 heteroatoms. The van der Waals surface area contributed by atoms with Gasteiger partial charge in [-0.2, -0.15) is 0 Å². The van der Waals surface area contributed by atoms with Crippen LogP contribution < -0.4 is 20.1 Å². The van der Waals surface area contributed by atoms with Crippen LogP contribution in [0.1, 0.15) is 30.9 Å². The molecule has 0 aliphatic rings. The highest BCUT2D eigenvalue weighted by molar-refractivity contribution is 6.31. The first-order valence-corrected chi connectivity index (χ1v) is 8.91. The topological polar surface area (TPSA) is 59.6 Å². The molecule has 0 heterocycles. The van der Waals surface area contributed by atoms with Gasteiger partial charge in [0.1, 0.15) is 18.1 Å². The maximum atomic E-state index is 12.1. The Balaban J connectivity index is 1.86. The predicted octanol–water partition coefficient (Wildman–Crippen LogP) is 4.98. The molecule has 26 heavy (non-hydrogen) atoms. The molecule has 0 atom stereocenters. The molecular formula is C20H25ClN2O3. The summed E-state index contributed by atoms with van der Waals surface area (Å²) >= 11 is 6.07. The smallest absolute Gasteiger partial charge is 0.319 e. The van der Waals surface area contributed by atoms with Crippen LogP contribution >= 0.6 is 11.6 Å². The van der Waals surface area contributed by atoms with Crippen LogP contribution in [0.4, 0.5) is 10.5 Å². The second-order valence-corrected chi connectivity index (χ2v) is 6.63. The fourth-order valence-electron chi connectivity index (χ4n) is 2.51. The van der Waals surface area contributed by atoms with Crippen molar-refractivity contribution in [3.63, 3.8) is 0 Å². The van der Waals surface area contributed by atoms with Crippen LogP contribution in [0.2, 0.25) is 5.02 Å². The molecule has 0 saturated heterocycles. The number of amides is 2. The molecule has 140 valence electrons. The number of para-hydroxylation sites is 1. The average molecular weight is 377 g/mol. The van der Waals surface area contributed by atoms with E-state index in [9.17, 15) is 4.79 Å². The molecule has 5 nitrogen and oxygen atoms in total. The first-order valence-electron chi connectivity index (χ1n) is 8.53. The molecule has 2 rings (SSSR count). The third-order valence-corrected chi connectivity index (χ3v) is 4.32. The normalized spacial score (nSPS) is 10.5. The third-order valence-electron chi connectivity index (χ3n) is 3.92. The largest absolute Gasteiger partial charge is 0.495 e. The Hall–Kier alpha value is -2.40. The second kappa shape index (κ2) is 9.34. The summed E-state index contributed by atoms with van der Waals surface area (Å²) in [6, 6.07) is 11.1. The van der Waals surface area contributed by atoms with Crippen molar-refractivity contribution in [2.75, 3.05) is 25.6 Å². The van der Waals surface area contributed by atoms with Crippen molar-refractivity contribution < 1.29 is 14.3 Å². The van der Waals surface area contributed by atoms with Crippen LogP contribution in [0.25, 0.3) is 0 Å². The minimum absolute atomic E-state index is 0.328. The number of hydrogen-bond donors (Lipinski definition) is 2. The van der Waals surface area contributed by atoms with Gasteiger partial charge in [-0.25, -0.2) is 4.79 Å². The van der Waals surface area contributed by atoms with E-state index in [0.717, 1.165) is 16.9 Å². The van der Waals surface area contributed by atoms with Gasteiger partial charge >= 0.3 is 6.03 Å². The zero-order valence-electron chi connectivity index (χ0n) is 15.6. The Kier molecular flexibility index (Phi) is 7.16. The number of nitrogens with one attached hydrogen (secondary N) is 2. The summed E-state index contributed by atoms with van der Waals surface area (Å²) in [7, 11) is 1.53. The van der Waals surface area contributed by atoms with Crippen LogP contribution in [0.15, 0.2) is 36.4 Å². The molecule has 2 amide bonds. The van der Waals surface area contributed by atoms with Crippen molar-refractivity contribution in [3.05, 3.63) is 52.5 Å². The SMILES string of the molecule is COc1cc(Cl)c(C)cc1NC(=O)NCCOc1ccccc1C(C)C. The molecule has 0 unspecified atom stereocenters. The molecule has 0 fully saturated rings. The number of urea groups is 1. The summed E-state index contributed by atoms with van der Waals surface area (Å²) in [6.45, 7) is 6.87. The van der Waals surface area contributed by atoms with E-state index in [1.807, 2.05) is 25.1 Å². The molecule has 0 bridgehead atoms. The number of aryl methyl sites for hydroxylation is 1. The van der Waals surface area contributed by atoms with Gasteiger partial charge in [0, 0.05) is 11.1 Å². The number of methoxy groups -OCH3 is 1. The summed E-state index contributed by atoms with van der Waals surface area (Å²) in [6.07, 6.45) is 0. The van der Waals surface area contributed by atoms with Crippen molar-refractivity contribution in [2.45, 2.75) is 26.7 Å². The van der Waals surface area contributed by atoms with Gasteiger partial charge in [0.05, 0.1) is 19.3 Å². The summed E-state index contributed by atoms with van der Waals surface area (Å²) in [5.41, 5.74) is 2.58. The molecule has 2 aromatic carbocycles. The number of benzene rings is 2. The molecule has 0 aliphatic heterocycles. The fourth-order valence-corrected chi connectivity index (χ4v) is 2.66. The molecule has 0 saturated carbocycles. The average Bonchev–Trinajstić information content (AvgIpc) is 2.61. The first kappa shape index (κ1) is 19.9. The highest BCUT2D eigenvalue weighted by Gasteiger charge is 2.10. The van der Waals surface area contributed by atoms with Crippen molar-refractivity contribution in [2.24, 2.45) is 0 Å². The fraction of sp³-hybridized carbons (Fsp3) is 0.350. The highest BCUT2D eigenvalue weighted by Crippen LogP contribution is 2.30. The number of halogens is 1. The minimum atomic E-state index is -0.328. The van der Waals surface area contributed by atoms with E-state index in [4.69, 9.17) is 21.1 Å². The Morgan fingerprint density at radius 3 is 2.62 bits per heavy atom. The van der Waals surface area contributed by atoms with Gasteiger partial charge in [0.25, 0.3) is 0 Å².